The molecule has 1 amide bonds. The Morgan fingerprint density at radius 3 is 2.21 bits per heavy atom. The molecule has 156 valence electrons. The molecule has 0 unspecified atom stereocenters. The Hall–Kier alpha value is -2.25. The summed E-state index contributed by atoms with van der Waals surface area (Å²) in [5.74, 6) is -0.373. The normalized spacial score (nSPS) is 15.2. The number of halogens is 1. The fourth-order valence-corrected chi connectivity index (χ4v) is 4.94. The van der Waals surface area contributed by atoms with Crippen molar-refractivity contribution >= 4 is 44.6 Å². The third-order valence-electron chi connectivity index (χ3n) is 5.02. The number of hydrogen-bond acceptors (Lipinski definition) is 4. The maximum atomic E-state index is 13.0. The van der Waals surface area contributed by atoms with E-state index < -0.39 is 16.1 Å². The van der Waals surface area contributed by atoms with E-state index in [2.05, 4.69) is 10.2 Å². The predicted molar refractivity (Wildman–Crippen MR) is 119 cm³/mol. The number of hydrogen-bond donors (Lipinski definition) is 1. The van der Waals surface area contributed by atoms with Gasteiger partial charge < -0.3 is 10.2 Å². The number of sulfonamides is 1. The van der Waals surface area contributed by atoms with Crippen molar-refractivity contribution in [2.45, 2.75) is 32.2 Å². The van der Waals surface area contributed by atoms with E-state index in [1.54, 1.807) is 31.2 Å². The zero-order valence-electron chi connectivity index (χ0n) is 16.6. The van der Waals surface area contributed by atoms with Crippen molar-refractivity contribution in [3.05, 3.63) is 53.6 Å². The summed E-state index contributed by atoms with van der Waals surface area (Å²) >= 11 is 5.92. The van der Waals surface area contributed by atoms with Crippen LogP contribution in [0.25, 0.3) is 0 Å². The Balaban J connectivity index is 1.79. The molecule has 1 fully saturated rings. The molecule has 1 aliphatic heterocycles. The van der Waals surface area contributed by atoms with Crippen molar-refractivity contribution in [3.63, 3.8) is 0 Å². The Morgan fingerprint density at radius 2 is 1.69 bits per heavy atom. The molecule has 8 heteroatoms. The average Bonchev–Trinajstić information content (AvgIpc) is 3.21. The summed E-state index contributed by atoms with van der Waals surface area (Å²) in [4.78, 5) is 15.3. The van der Waals surface area contributed by atoms with Crippen LogP contribution in [0.3, 0.4) is 0 Å². The summed E-state index contributed by atoms with van der Waals surface area (Å²) < 4.78 is 26.1. The van der Waals surface area contributed by atoms with Crippen LogP contribution in [0.5, 0.6) is 0 Å². The fraction of sp³-hybridized carbons (Fsp3) is 0.381. The predicted octanol–water partition coefficient (Wildman–Crippen LogP) is 4.12. The van der Waals surface area contributed by atoms with E-state index in [9.17, 15) is 13.2 Å². The summed E-state index contributed by atoms with van der Waals surface area (Å²) in [7, 11) is -3.67. The highest BCUT2D eigenvalue weighted by Gasteiger charge is 2.31. The molecule has 0 radical (unpaired) electrons. The second-order valence-corrected chi connectivity index (χ2v) is 9.49. The van der Waals surface area contributed by atoms with Gasteiger partial charge in [-0.15, -0.1) is 0 Å². The molecule has 0 saturated carbocycles. The molecule has 1 saturated heterocycles. The Kier molecular flexibility index (Phi) is 6.70. The zero-order valence-corrected chi connectivity index (χ0v) is 18.2. The standard InChI is InChI=1S/C21H26ClN3O3S/c1-3-20(25(29(2,27)28)19-10-6-16(22)7-11-19)21(26)23-17-8-12-18(13-9-17)24-14-4-5-15-24/h6-13,20H,3-5,14-15H2,1-2H3,(H,23,26)/t20-/m0/s1. The van der Waals surface area contributed by atoms with Gasteiger partial charge in [0.05, 0.1) is 11.9 Å². The maximum absolute atomic E-state index is 13.0. The van der Waals surface area contributed by atoms with E-state index in [1.807, 2.05) is 24.3 Å². The average molecular weight is 436 g/mol. The molecule has 0 spiro atoms. The zero-order chi connectivity index (χ0) is 21.0. The van der Waals surface area contributed by atoms with Crippen molar-refractivity contribution in [3.8, 4) is 0 Å². The van der Waals surface area contributed by atoms with Crippen LogP contribution in [0, 0.1) is 0 Å². The second-order valence-electron chi connectivity index (χ2n) is 7.19. The molecule has 1 heterocycles. The Bertz CT molecular complexity index is 940. The van der Waals surface area contributed by atoms with E-state index in [-0.39, 0.29) is 5.91 Å². The molecule has 3 rings (SSSR count). The minimum absolute atomic E-state index is 0.327. The highest BCUT2D eigenvalue weighted by atomic mass is 35.5. The van der Waals surface area contributed by atoms with E-state index >= 15 is 0 Å². The molecular weight excluding hydrogens is 410 g/mol. The number of nitrogens with zero attached hydrogens (tertiary/aromatic N) is 2. The topological polar surface area (TPSA) is 69.7 Å². The SMILES string of the molecule is CC[C@@H](C(=O)Nc1ccc(N2CCCC2)cc1)N(c1ccc(Cl)cc1)S(C)(=O)=O. The van der Waals surface area contributed by atoms with Crippen LogP contribution < -0.4 is 14.5 Å². The summed E-state index contributed by atoms with van der Waals surface area (Å²) in [6.45, 7) is 3.89. The van der Waals surface area contributed by atoms with Gasteiger partial charge in [-0.2, -0.15) is 0 Å². The van der Waals surface area contributed by atoms with E-state index in [4.69, 9.17) is 11.6 Å². The van der Waals surface area contributed by atoms with Crippen LogP contribution in [-0.4, -0.2) is 39.7 Å². The number of nitrogens with one attached hydrogen (secondary N) is 1. The second kappa shape index (κ2) is 9.05. The maximum Gasteiger partial charge on any atom is 0.248 e. The first-order chi connectivity index (χ1) is 13.8. The number of anilines is 3. The van der Waals surface area contributed by atoms with Gasteiger partial charge >= 0.3 is 0 Å². The lowest BCUT2D eigenvalue weighted by Gasteiger charge is -2.30. The van der Waals surface area contributed by atoms with Gasteiger partial charge in [0.2, 0.25) is 15.9 Å². The van der Waals surface area contributed by atoms with Crippen LogP contribution in [0.1, 0.15) is 26.2 Å². The number of carbonyl (C=O) groups excluding carboxylic acids is 1. The molecular formula is C21H26ClN3O3S. The van der Waals surface area contributed by atoms with Crippen LogP contribution in [0.15, 0.2) is 48.5 Å². The van der Waals surface area contributed by atoms with E-state index in [1.165, 1.54) is 12.8 Å². The number of carbonyl (C=O) groups is 1. The molecule has 29 heavy (non-hydrogen) atoms. The molecule has 0 aromatic heterocycles. The van der Waals surface area contributed by atoms with Crippen molar-refractivity contribution in [1.82, 2.24) is 0 Å². The highest BCUT2D eigenvalue weighted by molar-refractivity contribution is 7.92. The van der Waals surface area contributed by atoms with Crippen molar-refractivity contribution in [2.24, 2.45) is 0 Å². The minimum atomic E-state index is -3.67. The first kappa shape index (κ1) is 21.5. The lowest BCUT2D eigenvalue weighted by molar-refractivity contribution is -0.117. The molecule has 0 bridgehead atoms. The van der Waals surface area contributed by atoms with E-state index in [0.29, 0.717) is 22.8 Å². The Labute approximate surface area is 177 Å². The van der Waals surface area contributed by atoms with Gasteiger partial charge in [-0.1, -0.05) is 18.5 Å². The molecule has 1 N–H and O–H groups in total. The van der Waals surface area contributed by atoms with E-state index in [0.717, 1.165) is 29.3 Å². The van der Waals surface area contributed by atoms with Gasteiger partial charge in [0.25, 0.3) is 0 Å². The molecule has 1 atom stereocenters. The molecule has 2 aromatic carbocycles. The largest absolute Gasteiger partial charge is 0.372 e. The third-order valence-corrected chi connectivity index (χ3v) is 6.45. The lowest BCUT2D eigenvalue weighted by atomic mass is 10.1. The highest BCUT2D eigenvalue weighted by Crippen LogP contribution is 2.26. The fourth-order valence-electron chi connectivity index (χ4n) is 3.60. The molecule has 1 aliphatic rings. The quantitative estimate of drug-likeness (QED) is 0.710. The van der Waals surface area contributed by atoms with Crippen molar-refractivity contribution < 1.29 is 13.2 Å². The van der Waals surface area contributed by atoms with Gasteiger partial charge in [0, 0.05) is 29.5 Å². The molecule has 2 aromatic rings. The van der Waals surface area contributed by atoms with Crippen molar-refractivity contribution in [1.29, 1.82) is 0 Å². The van der Waals surface area contributed by atoms with Gasteiger partial charge in [-0.05, 0) is 67.8 Å². The summed E-state index contributed by atoms with van der Waals surface area (Å²) in [5.41, 5.74) is 2.18. The molecule has 6 nitrogen and oxygen atoms in total. The number of rotatable bonds is 7. The third kappa shape index (κ3) is 5.22. The van der Waals surface area contributed by atoms with Gasteiger partial charge in [0.1, 0.15) is 6.04 Å². The summed E-state index contributed by atoms with van der Waals surface area (Å²) in [6.07, 6.45) is 3.82. The van der Waals surface area contributed by atoms with Crippen LogP contribution in [-0.2, 0) is 14.8 Å². The molecule has 0 aliphatic carbocycles. The summed E-state index contributed by atoms with van der Waals surface area (Å²) in [6, 6.07) is 13.2. The number of benzene rings is 2. The first-order valence-corrected chi connectivity index (χ1v) is 11.9. The smallest absolute Gasteiger partial charge is 0.248 e. The van der Waals surface area contributed by atoms with Crippen LogP contribution in [0.4, 0.5) is 17.1 Å². The lowest BCUT2D eigenvalue weighted by Crippen LogP contribution is -2.47. The van der Waals surface area contributed by atoms with Crippen LogP contribution >= 0.6 is 11.6 Å². The minimum Gasteiger partial charge on any atom is -0.372 e. The summed E-state index contributed by atoms with van der Waals surface area (Å²) in [5, 5.41) is 3.35. The van der Waals surface area contributed by atoms with Gasteiger partial charge in [0.15, 0.2) is 0 Å². The number of amides is 1. The van der Waals surface area contributed by atoms with Crippen LogP contribution in [0.2, 0.25) is 5.02 Å². The van der Waals surface area contributed by atoms with Crippen molar-refractivity contribution in [2.75, 3.05) is 33.9 Å². The van der Waals surface area contributed by atoms with Gasteiger partial charge in [-0.3, -0.25) is 9.10 Å². The Morgan fingerprint density at radius 1 is 1.10 bits per heavy atom. The van der Waals surface area contributed by atoms with Gasteiger partial charge in [-0.25, -0.2) is 8.42 Å². The first-order valence-electron chi connectivity index (χ1n) is 9.70. The monoisotopic (exact) mass is 435 g/mol.